The van der Waals surface area contributed by atoms with Gasteiger partial charge in [0.2, 0.25) is 0 Å². The second kappa shape index (κ2) is 8.27. The zero-order valence-electron chi connectivity index (χ0n) is 15.4. The van der Waals surface area contributed by atoms with Crippen LogP contribution in [0.4, 0.5) is 5.82 Å². The van der Waals surface area contributed by atoms with E-state index >= 15 is 0 Å². The number of rotatable bonds is 7. The van der Waals surface area contributed by atoms with Gasteiger partial charge in [-0.15, -0.1) is 0 Å². The van der Waals surface area contributed by atoms with Crippen molar-refractivity contribution < 1.29 is 9.53 Å². The molecule has 0 radical (unpaired) electrons. The lowest BCUT2D eigenvalue weighted by molar-refractivity contribution is 0.0767. The molecule has 138 valence electrons. The average Bonchev–Trinajstić information content (AvgIpc) is 3.11. The number of anilines is 1. The monoisotopic (exact) mass is 354 g/mol. The number of amides is 1. The Morgan fingerprint density at radius 3 is 2.58 bits per heavy atom. The number of hydrogen-bond acceptors (Lipinski definition) is 5. The predicted molar refractivity (Wildman–Crippen MR) is 102 cm³/mol. The lowest BCUT2D eigenvalue weighted by Gasteiger charge is -2.29. The molecule has 1 amide bonds. The molecule has 1 aliphatic carbocycles. The Kier molecular flexibility index (Phi) is 5.83. The molecule has 1 aliphatic rings. The zero-order chi connectivity index (χ0) is 18.4. The summed E-state index contributed by atoms with van der Waals surface area (Å²) in [6, 6.07) is 9.26. The molecular weight excluding hydrogens is 328 g/mol. The Balaban J connectivity index is 1.72. The van der Waals surface area contributed by atoms with E-state index in [1.807, 2.05) is 37.3 Å². The van der Waals surface area contributed by atoms with E-state index in [1.165, 1.54) is 0 Å². The van der Waals surface area contributed by atoms with Gasteiger partial charge in [-0.05, 0) is 38.0 Å². The summed E-state index contributed by atoms with van der Waals surface area (Å²) in [4.78, 5) is 21.5. The molecular formula is C20H26N4O2. The number of carbonyl (C=O) groups excluding carboxylic acids is 1. The maximum Gasteiger partial charge on any atom is 0.251 e. The highest BCUT2D eigenvalue weighted by molar-refractivity contribution is 5.95. The molecule has 0 saturated heterocycles. The van der Waals surface area contributed by atoms with Crippen molar-refractivity contribution in [2.45, 2.75) is 38.1 Å². The molecule has 1 fully saturated rings. The van der Waals surface area contributed by atoms with E-state index < -0.39 is 0 Å². The van der Waals surface area contributed by atoms with Gasteiger partial charge in [-0.25, -0.2) is 9.97 Å². The minimum Gasteiger partial charge on any atom is -0.382 e. The van der Waals surface area contributed by atoms with Crippen molar-refractivity contribution in [2.75, 3.05) is 25.6 Å². The molecule has 1 aromatic carbocycles. The van der Waals surface area contributed by atoms with Gasteiger partial charge in [-0.3, -0.25) is 4.79 Å². The minimum atomic E-state index is -0.228. The molecule has 1 saturated carbocycles. The number of aromatic nitrogens is 2. The third-order valence-electron chi connectivity index (χ3n) is 4.78. The van der Waals surface area contributed by atoms with E-state index in [9.17, 15) is 4.79 Å². The topological polar surface area (TPSA) is 76.1 Å². The van der Waals surface area contributed by atoms with E-state index in [0.29, 0.717) is 18.0 Å². The van der Waals surface area contributed by atoms with Gasteiger partial charge < -0.3 is 15.4 Å². The smallest absolute Gasteiger partial charge is 0.251 e. The minimum absolute atomic E-state index is 0.0576. The van der Waals surface area contributed by atoms with Crippen LogP contribution in [0.15, 0.2) is 36.5 Å². The van der Waals surface area contributed by atoms with Gasteiger partial charge in [0.05, 0.1) is 12.1 Å². The van der Waals surface area contributed by atoms with Crippen LogP contribution in [0.5, 0.6) is 0 Å². The van der Waals surface area contributed by atoms with E-state index in [0.717, 1.165) is 43.6 Å². The van der Waals surface area contributed by atoms with Crippen LogP contribution in [0.25, 0.3) is 11.4 Å². The molecule has 2 aromatic rings. The van der Waals surface area contributed by atoms with Gasteiger partial charge >= 0.3 is 0 Å². The number of benzene rings is 1. The maximum absolute atomic E-state index is 12.7. The Hall–Kier alpha value is -2.47. The first-order valence-electron chi connectivity index (χ1n) is 9.14. The normalized spacial score (nSPS) is 15.6. The Morgan fingerprint density at radius 2 is 1.92 bits per heavy atom. The molecule has 6 heteroatoms. The molecule has 1 aromatic heterocycles. The van der Waals surface area contributed by atoms with E-state index in [1.54, 1.807) is 13.3 Å². The van der Waals surface area contributed by atoms with E-state index in [2.05, 4.69) is 20.6 Å². The predicted octanol–water partition coefficient (Wildman–Crippen LogP) is 3.26. The maximum atomic E-state index is 12.7. The first-order chi connectivity index (χ1) is 12.7. The van der Waals surface area contributed by atoms with Crippen LogP contribution in [-0.4, -0.2) is 41.7 Å². The van der Waals surface area contributed by atoms with Crippen LogP contribution in [0.3, 0.4) is 0 Å². The van der Waals surface area contributed by atoms with Crippen LogP contribution in [0.2, 0.25) is 0 Å². The Labute approximate surface area is 154 Å². The summed E-state index contributed by atoms with van der Waals surface area (Å²) >= 11 is 0. The van der Waals surface area contributed by atoms with E-state index in [-0.39, 0.29) is 11.4 Å². The summed E-state index contributed by atoms with van der Waals surface area (Å²) in [5, 5.41) is 6.37. The van der Waals surface area contributed by atoms with Crippen molar-refractivity contribution in [2.24, 2.45) is 0 Å². The lowest BCUT2D eigenvalue weighted by atomic mass is 9.98. The first-order valence-corrected chi connectivity index (χ1v) is 9.14. The molecule has 0 unspecified atom stereocenters. The van der Waals surface area contributed by atoms with Crippen LogP contribution < -0.4 is 10.6 Å². The van der Waals surface area contributed by atoms with Gasteiger partial charge in [0.1, 0.15) is 5.82 Å². The van der Waals surface area contributed by atoms with Crippen molar-refractivity contribution in [3.05, 3.63) is 42.1 Å². The molecule has 0 aliphatic heterocycles. The number of carbonyl (C=O) groups is 1. The average molecular weight is 354 g/mol. The zero-order valence-corrected chi connectivity index (χ0v) is 15.4. The van der Waals surface area contributed by atoms with Crippen LogP contribution >= 0.6 is 0 Å². The summed E-state index contributed by atoms with van der Waals surface area (Å²) in [6.45, 7) is 3.39. The van der Waals surface area contributed by atoms with Crippen LogP contribution in [-0.2, 0) is 4.74 Å². The van der Waals surface area contributed by atoms with Crippen molar-refractivity contribution in [1.82, 2.24) is 15.3 Å². The largest absolute Gasteiger partial charge is 0.382 e. The van der Waals surface area contributed by atoms with E-state index in [4.69, 9.17) is 4.74 Å². The SMILES string of the molecule is CCNc1ccnc(-c2ccc(C(=O)NC3(COC)CCCC3)cc2)n1. The number of nitrogens with zero attached hydrogens (tertiary/aromatic N) is 2. The summed E-state index contributed by atoms with van der Waals surface area (Å²) in [5.74, 6) is 1.38. The molecule has 6 nitrogen and oxygen atoms in total. The van der Waals surface area contributed by atoms with Gasteiger partial charge in [0.15, 0.2) is 5.82 Å². The molecule has 1 heterocycles. The Morgan fingerprint density at radius 1 is 1.19 bits per heavy atom. The molecule has 3 rings (SSSR count). The number of hydrogen-bond donors (Lipinski definition) is 2. The van der Waals surface area contributed by atoms with Crippen molar-refractivity contribution in [1.29, 1.82) is 0 Å². The second-order valence-electron chi connectivity index (χ2n) is 6.75. The second-order valence-corrected chi connectivity index (χ2v) is 6.75. The summed E-state index contributed by atoms with van der Waals surface area (Å²) < 4.78 is 5.34. The van der Waals surface area contributed by atoms with Gasteiger partial charge in [0, 0.05) is 31.0 Å². The summed E-state index contributed by atoms with van der Waals surface area (Å²) in [7, 11) is 1.68. The highest BCUT2D eigenvalue weighted by Gasteiger charge is 2.35. The summed E-state index contributed by atoms with van der Waals surface area (Å²) in [5.41, 5.74) is 1.29. The number of nitrogens with one attached hydrogen (secondary N) is 2. The quantitative estimate of drug-likeness (QED) is 0.798. The van der Waals surface area contributed by atoms with Gasteiger partial charge in [-0.1, -0.05) is 25.0 Å². The molecule has 26 heavy (non-hydrogen) atoms. The fourth-order valence-corrected chi connectivity index (χ4v) is 3.49. The third-order valence-corrected chi connectivity index (χ3v) is 4.78. The van der Waals surface area contributed by atoms with Crippen molar-refractivity contribution in [3.8, 4) is 11.4 Å². The number of ether oxygens (including phenoxy) is 1. The fraction of sp³-hybridized carbons (Fsp3) is 0.450. The fourth-order valence-electron chi connectivity index (χ4n) is 3.49. The molecule has 0 spiro atoms. The third kappa shape index (κ3) is 4.19. The van der Waals surface area contributed by atoms with Crippen LogP contribution in [0.1, 0.15) is 43.0 Å². The lowest BCUT2D eigenvalue weighted by Crippen LogP contribution is -2.49. The molecule has 0 atom stereocenters. The van der Waals surface area contributed by atoms with Crippen molar-refractivity contribution in [3.63, 3.8) is 0 Å². The summed E-state index contributed by atoms with van der Waals surface area (Å²) in [6.07, 6.45) is 5.92. The standard InChI is InChI=1S/C20H26N4O2/c1-3-21-17-10-13-22-18(23-17)15-6-8-16(9-7-15)19(25)24-20(14-26-2)11-4-5-12-20/h6-10,13H,3-5,11-12,14H2,1-2H3,(H,24,25)(H,21,22,23). The Bertz CT molecular complexity index is 740. The molecule has 2 N–H and O–H groups in total. The first kappa shape index (κ1) is 18.3. The highest BCUT2D eigenvalue weighted by Crippen LogP contribution is 2.30. The van der Waals surface area contributed by atoms with Gasteiger partial charge in [0.25, 0.3) is 5.91 Å². The van der Waals surface area contributed by atoms with Gasteiger partial charge in [-0.2, -0.15) is 0 Å². The van der Waals surface area contributed by atoms with Crippen LogP contribution in [0, 0.1) is 0 Å². The molecule has 0 bridgehead atoms. The number of methoxy groups -OCH3 is 1. The highest BCUT2D eigenvalue weighted by atomic mass is 16.5. The van der Waals surface area contributed by atoms with Crippen molar-refractivity contribution >= 4 is 11.7 Å².